The van der Waals surface area contributed by atoms with Crippen molar-refractivity contribution in [1.82, 2.24) is 0 Å². The lowest BCUT2D eigenvalue weighted by molar-refractivity contribution is 0.282. The Morgan fingerprint density at radius 2 is 1.63 bits per heavy atom. The Labute approximate surface area is 180 Å². The summed E-state index contributed by atoms with van der Waals surface area (Å²) in [6, 6.07) is 19.7. The van der Waals surface area contributed by atoms with Crippen molar-refractivity contribution >= 4 is 49.1 Å². The Hall–Kier alpha value is -1.69. The van der Waals surface area contributed by atoms with Crippen LogP contribution < -0.4 is 14.8 Å². The zero-order chi connectivity index (χ0) is 19.2. The van der Waals surface area contributed by atoms with Crippen LogP contribution >= 0.6 is 43.5 Å². The quantitative estimate of drug-likeness (QED) is 0.368. The molecule has 3 aromatic rings. The molecule has 0 radical (unpaired) electrons. The Morgan fingerprint density at radius 1 is 0.926 bits per heavy atom. The first-order valence-electron chi connectivity index (χ1n) is 8.28. The number of ether oxygens (including phenoxy) is 2. The number of halogens is 3. The number of hydrogen-bond acceptors (Lipinski definition) is 3. The molecule has 0 aliphatic carbocycles. The van der Waals surface area contributed by atoms with Crippen LogP contribution in [-0.2, 0) is 13.2 Å². The Bertz CT molecular complexity index is 899. The van der Waals surface area contributed by atoms with E-state index in [4.69, 9.17) is 21.1 Å². The predicted molar refractivity (Wildman–Crippen MR) is 118 cm³/mol. The molecule has 0 saturated carbocycles. The highest BCUT2D eigenvalue weighted by atomic mass is 79.9. The van der Waals surface area contributed by atoms with Crippen LogP contribution in [0.4, 0.5) is 5.69 Å². The average Bonchev–Trinajstić information content (AvgIpc) is 2.67. The molecule has 27 heavy (non-hydrogen) atoms. The highest BCUT2D eigenvalue weighted by molar-refractivity contribution is 9.10. The van der Waals surface area contributed by atoms with Gasteiger partial charge < -0.3 is 14.8 Å². The van der Waals surface area contributed by atoms with Crippen molar-refractivity contribution in [1.29, 1.82) is 0 Å². The minimum absolute atomic E-state index is 0.463. The summed E-state index contributed by atoms with van der Waals surface area (Å²) in [5, 5.41) is 4.09. The molecule has 6 heteroatoms. The van der Waals surface area contributed by atoms with Crippen molar-refractivity contribution in [2.24, 2.45) is 0 Å². The van der Waals surface area contributed by atoms with Gasteiger partial charge in [0.25, 0.3) is 0 Å². The first kappa shape index (κ1) is 20.1. The molecule has 0 amide bonds. The van der Waals surface area contributed by atoms with Gasteiger partial charge in [-0.25, -0.2) is 0 Å². The van der Waals surface area contributed by atoms with Gasteiger partial charge in [0.15, 0.2) is 11.5 Å². The summed E-state index contributed by atoms with van der Waals surface area (Å²) >= 11 is 13.0. The standard InChI is InChI=1S/C21H18Br2ClNO2/c1-26-20-11-15(12-25-18-8-6-17(24)7-9-18)10-19(23)21(20)27-13-14-2-4-16(22)5-3-14/h2-11,25H,12-13H2,1H3. The second-order valence-electron chi connectivity index (χ2n) is 5.88. The number of anilines is 1. The third kappa shape index (κ3) is 5.64. The molecule has 3 aromatic carbocycles. The molecule has 0 heterocycles. The molecule has 0 aliphatic heterocycles. The van der Waals surface area contributed by atoms with E-state index in [-0.39, 0.29) is 0 Å². The topological polar surface area (TPSA) is 30.5 Å². The van der Waals surface area contributed by atoms with Gasteiger partial charge in [-0.15, -0.1) is 0 Å². The van der Waals surface area contributed by atoms with Crippen LogP contribution in [0, 0.1) is 0 Å². The summed E-state index contributed by atoms with van der Waals surface area (Å²) in [4.78, 5) is 0. The van der Waals surface area contributed by atoms with Gasteiger partial charge in [-0.05, 0) is 75.6 Å². The van der Waals surface area contributed by atoms with E-state index in [0.717, 1.165) is 30.8 Å². The van der Waals surface area contributed by atoms with Gasteiger partial charge in [0.2, 0.25) is 0 Å². The third-order valence-corrected chi connectivity index (χ3v) is 5.30. The summed E-state index contributed by atoms with van der Waals surface area (Å²) < 4.78 is 13.4. The molecule has 3 nitrogen and oxygen atoms in total. The molecule has 0 bridgehead atoms. The normalized spacial score (nSPS) is 10.5. The molecule has 1 N–H and O–H groups in total. The molecule has 0 unspecified atom stereocenters. The van der Waals surface area contributed by atoms with Gasteiger partial charge in [-0.1, -0.05) is 39.7 Å². The number of nitrogens with one attached hydrogen (secondary N) is 1. The zero-order valence-corrected chi connectivity index (χ0v) is 18.6. The van der Waals surface area contributed by atoms with Crippen molar-refractivity contribution in [2.75, 3.05) is 12.4 Å². The zero-order valence-electron chi connectivity index (χ0n) is 14.6. The summed E-state index contributed by atoms with van der Waals surface area (Å²) in [6.07, 6.45) is 0. The monoisotopic (exact) mass is 509 g/mol. The van der Waals surface area contributed by atoms with E-state index in [0.29, 0.717) is 24.7 Å². The van der Waals surface area contributed by atoms with Crippen molar-refractivity contribution in [2.45, 2.75) is 13.2 Å². The molecule has 3 rings (SSSR count). The van der Waals surface area contributed by atoms with Crippen LogP contribution in [0.2, 0.25) is 5.02 Å². The molecule has 140 valence electrons. The summed E-state index contributed by atoms with van der Waals surface area (Å²) in [6.45, 7) is 1.12. The lowest BCUT2D eigenvalue weighted by Gasteiger charge is -2.15. The minimum atomic E-state index is 0.463. The van der Waals surface area contributed by atoms with Gasteiger partial charge in [0.05, 0.1) is 11.6 Å². The molecule has 0 atom stereocenters. The highest BCUT2D eigenvalue weighted by Gasteiger charge is 2.12. The fourth-order valence-electron chi connectivity index (χ4n) is 2.52. The lowest BCUT2D eigenvalue weighted by atomic mass is 10.2. The second kappa shape index (κ2) is 9.49. The van der Waals surface area contributed by atoms with Gasteiger partial charge in [-0.2, -0.15) is 0 Å². The summed E-state index contributed by atoms with van der Waals surface area (Å²) in [7, 11) is 1.64. The maximum Gasteiger partial charge on any atom is 0.175 e. The smallest absolute Gasteiger partial charge is 0.175 e. The highest BCUT2D eigenvalue weighted by Crippen LogP contribution is 2.37. The van der Waals surface area contributed by atoms with Gasteiger partial charge in [0.1, 0.15) is 6.61 Å². The first-order valence-corrected chi connectivity index (χ1v) is 10.2. The Morgan fingerprint density at radius 3 is 2.30 bits per heavy atom. The summed E-state index contributed by atoms with van der Waals surface area (Å²) in [5.74, 6) is 1.38. The maximum absolute atomic E-state index is 5.99. The fourth-order valence-corrected chi connectivity index (χ4v) is 3.52. The molecule has 0 aromatic heterocycles. The van der Waals surface area contributed by atoms with E-state index in [1.807, 2.05) is 60.7 Å². The van der Waals surface area contributed by atoms with E-state index in [1.54, 1.807) is 7.11 Å². The minimum Gasteiger partial charge on any atom is -0.493 e. The Balaban J connectivity index is 1.70. The number of benzene rings is 3. The lowest BCUT2D eigenvalue weighted by Crippen LogP contribution is -2.02. The first-order chi connectivity index (χ1) is 13.0. The molecular weight excluding hydrogens is 493 g/mol. The van der Waals surface area contributed by atoms with Crippen molar-refractivity contribution in [3.8, 4) is 11.5 Å². The van der Waals surface area contributed by atoms with Crippen LogP contribution in [0.1, 0.15) is 11.1 Å². The van der Waals surface area contributed by atoms with Crippen molar-refractivity contribution in [3.63, 3.8) is 0 Å². The van der Waals surface area contributed by atoms with E-state index < -0.39 is 0 Å². The molecule has 0 spiro atoms. The number of methoxy groups -OCH3 is 1. The third-order valence-electron chi connectivity index (χ3n) is 3.93. The van der Waals surface area contributed by atoms with E-state index >= 15 is 0 Å². The number of rotatable bonds is 7. The van der Waals surface area contributed by atoms with Crippen molar-refractivity contribution in [3.05, 3.63) is 85.8 Å². The Kier molecular flexibility index (Phi) is 7.05. The average molecular weight is 512 g/mol. The largest absolute Gasteiger partial charge is 0.493 e. The fraction of sp³-hybridized carbons (Fsp3) is 0.143. The SMILES string of the molecule is COc1cc(CNc2ccc(Cl)cc2)cc(Br)c1OCc1ccc(Br)cc1. The number of hydrogen-bond donors (Lipinski definition) is 1. The van der Waals surface area contributed by atoms with Crippen LogP contribution in [0.25, 0.3) is 0 Å². The molecule has 0 aliphatic rings. The van der Waals surface area contributed by atoms with E-state index in [9.17, 15) is 0 Å². The van der Waals surface area contributed by atoms with Crippen LogP contribution in [-0.4, -0.2) is 7.11 Å². The van der Waals surface area contributed by atoms with Crippen LogP contribution in [0.15, 0.2) is 69.6 Å². The van der Waals surface area contributed by atoms with Crippen LogP contribution in [0.3, 0.4) is 0 Å². The maximum atomic E-state index is 5.99. The van der Waals surface area contributed by atoms with Gasteiger partial charge >= 0.3 is 0 Å². The van der Waals surface area contributed by atoms with Crippen LogP contribution in [0.5, 0.6) is 11.5 Å². The molecular formula is C21H18Br2ClNO2. The molecule has 0 saturated heterocycles. The summed E-state index contributed by atoms with van der Waals surface area (Å²) in [5.41, 5.74) is 3.16. The van der Waals surface area contributed by atoms with Gasteiger partial charge in [-0.3, -0.25) is 0 Å². The van der Waals surface area contributed by atoms with E-state index in [2.05, 4.69) is 37.2 Å². The molecule has 0 fully saturated rings. The van der Waals surface area contributed by atoms with Gasteiger partial charge in [0, 0.05) is 21.7 Å². The van der Waals surface area contributed by atoms with E-state index in [1.165, 1.54) is 0 Å². The second-order valence-corrected chi connectivity index (χ2v) is 8.09. The van der Waals surface area contributed by atoms with Crippen molar-refractivity contribution < 1.29 is 9.47 Å². The predicted octanol–water partition coefficient (Wildman–Crippen LogP) is 7.06.